The van der Waals surface area contributed by atoms with Gasteiger partial charge in [-0.05, 0) is 25.0 Å². The Labute approximate surface area is 126 Å². The highest BCUT2D eigenvalue weighted by Crippen LogP contribution is 2.38. The fraction of sp³-hybridized carbons (Fsp3) is 0.400. The van der Waals surface area contributed by atoms with E-state index in [0.717, 1.165) is 17.0 Å². The summed E-state index contributed by atoms with van der Waals surface area (Å²) in [6.07, 6.45) is 3.29. The van der Waals surface area contributed by atoms with Crippen molar-refractivity contribution in [2.45, 2.75) is 24.9 Å². The predicted octanol–water partition coefficient (Wildman–Crippen LogP) is 2.08. The number of amides is 2. The van der Waals surface area contributed by atoms with Crippen molar-refractivity contribution in [3.8, 4) is 5.75 Å². The number of carbonyl (C=O) groups excluding carboxylic acids is 1. The summed E-state index contributed by atoms with van der Waals surface area (Å²) in [7, 11) is 3.27. The number of hydrogen-bond donors (Lipinski definition) is 0. The first kappa shape index (κ1) is 14.2. The van der Waals surface area contributed by atoms with Gasteiger partial charge in [0, 0.05) is 23.6 Å². The molecule has 1 aliphatic heterocycles. The number of halogens is 1. The van der Waals surface area contributed by atoms with Gasteiger partial charge in [0.05, 0.1) is 18.6 Å². The van der Waals surface area contributed by atoms with E-state index < -0.39 is 6.03 Å². The molecule has 0 bridgehead atoms. The van der Waals surface area contributed by atoms with Crippen molar-refractivity contribution in [1.29, 1.82) is 0 Å². The molecule has 0 spiro atoms. The minimum Gasteiger partial charge on any atom is -0.496 e. The van der Waals surface area contributed by atoms with Crippen molar-refractivity contribution in [3.05, 3.63) is 39.5 Å². The van der Waals surface area contributed by atoms with Crippen molar-refractivity contribution >= 4 is 17.6 Å². The third-order valence-electron chi connectivity index (χ3n) is 3.91. The molecule has 0 N–H and O–H groups in total. The zero-order chi connectivity index (χ0) is 15.0. The number of allylic oxidation sites excluding steroid dienone is 1. The molecule has 0 aromatic heterocycles. The third kappa shape index (κ3) is 2.47. The van der Waals surface area contributed by atoms with Gasteiger partial charge in [-0.1, -0.05) is 17.7 Å². The maximum absolute atomic E-state index is 11.5. The second kappa shape index (κ2) is 5.58. The first-order chi connectivity index (χ1) is 10.1. The van der Waals surface area contributed by atoms with E-state index in [-0.39, 0.29) is 12.0 Å². The molecule has 110 valence electrons. The Hall–Kier alpha value is -1.72. The average Bonchev–Trinajstić information content (AvgIpc) is 2.86. The zero-order valence-corrected chi connectivity index (χ0v) is 12.6. The van der Waals surface area contributed by atoms with E-state index in [1.54, 1.807) is 20.3 Å². The molecule has 1 aromatic carbocycles. The van der Waals surface area contributed by atoms with E-state index in [2.05, 4.69) is 9.98 Å². The Bertz CT molecular complexity index is 742. The van der Waals surface area contributed by atoms with E-state index in [9.17, 15) is 4.79 Å². The lowest BCUT2D eigenvalue weighted by Crippen LogP contribution is -2.34. The minimum absolute atomic E-state index is 0.0118. The summed E-state index contributed by atoms with van der Waals surface area (Å²) < 4.78 is 11.0. The number of hydrogen-bond acceptors (Lipinski definition) is 3. The number of fused-ring (bicyclic) bond motifs is 1. The highest BCUT2D eigenvalue weighted by atomic mass is 35.5. The number of methoxy groups -OCH3 is 2. The number of rotatable bonds is 3. The number of urea groups is 1. The Morgan fingerprint density at radius 1 is 1.29 bits per heavy atom. The standard InChI is InChI=1S/C15H15ClN2O3/c1-20-11-5-3-8(16)7-9(11)13-12(21-2)6-4-10-14(13)18-15(19)17-10/h3-4,6,9,11H,5,7H2,1-2H3. The maximum Gasteiger partial charge on any atom is 0.368 e. The molecule has 6 heteroatoms. The van der Waals surface area contributed by atoms with Crippen molar-refractivity contribution < 1.29 is 14.3 Å². The molecule has 2 amide bonds. The van der Waals surface area contributed by atoms with Crippen molar-refractivity contribution in [3.63, 3.8) is 0 Å². The summed E-state index contributed by atoms with van der Waals surface area (Å²) in [6, 6.07) is 3.07. The molecule has 0 saturated carbocycles. The molecular weight excluding hydrogens is 292 g/mol. The molecule has 0 fully saturated rings. The molecule has 21 heavy (non-hydrogen) atoms. The SMILES string of the molecule is COc1ccc2c(c1C1CC(Cl)=CCC1OC)=NC(=O)N=2. The van der Waals surface area contributed by atoms with Crippen LogP contribution in [0.2, 0.25) is 0 Å². The van der Waals surface area contributed by atoms with Gasteiger partial charge in [0.25, 0.3) is 0 Å². The van der Waals surface area contributed by atoms with Gasteiger partial charge in [-0.3, -0.25) is 0 Å². The first-order valence-corrected chi connectivity index (χ1v) is 7.07. The van der Waals surface area contributed by atoms with Crippen LogP contribution in [0.5, 0.6) is 5.75 Å². The molecule has 2 atom stereocenters. The van der Waals surface area contributed by atoms with Crippen LogP contribution in [-0.2, 0) is 4.74 Å². The molecule has 2 unspecified atom stereocenters. The Morgan fingerprint density at radius 2 is 2.10 bits per heavy atom. The largest absolute Gasteiger partial charge is 0.496 e. The summed E-state index contributed by atoms with van der Waals surface area (Å²) in [5, 5.41) is 1.95. The van der Waals surface area contributed by atoms with Crippen LogP contribution in [0.25, 0.3) is 0 Å². The van der Waals surface area contributed by atoms with Crippen LogP contribution >= 0.6 is 11.6 Å². The second-order valence-electron chi connectivity index (χ2n) is 5.03. The monoisotopic (exact) mass is 306 g/mol. The molecule has 1 aromatic rings. The van der Waals surface area contributed by atoms with Crippen LogP contribution < -0.4 is 15.5 Å². The van der Waals surface area contributed by atoms with Crippen molar-refractivity contribution in [1.82, 2.24) is 0 Å². The molecule has 5 nitrogen and oxygen atoms in total. The molecule has 0 radical (unpaired) electrons. The lowest BCUT2D eigenvalue weighted by molar-refractivity contribution is 0.0763. The van der Waals surface area contributed by atoms with Crippen LogP contribution in [0.3, 0.4) is 0 Å². The molecule has 2 aliphatic rings. The van der Waals surface area contributed by atoms with Gasteiger partial charge in [-0.15, -0.1) is 0 Å². The van der Waals surface area contributed by atoms with Crippen LogP contribution in [0.4, 0.5) is 4.79 Å². The molecule has 3 rings (SSSR count). The molecule has 0 saturated heterocycles. The number of benzene rings is 1. The van der Waals surface area contributed by atoms with E-state index >= 15 is 0 Å². The summed E-state index contributed by atoms with van der Waals surface area (Å²) in [5.41, 5.74) is 0.850. The summed E-state index contributed by atoms with van der Waals surface area (Å²) in [6.45, 7) is 0. The average molecular weight is 307 g/mol. The Balaban J connectivity index is 2.21. The normalized spacial score (nSPS) is 24.0. The molecule has 1 heterocycles. The summed E-state index contributed by atoms with van der Waals surface area (Å²) >= 11 is 6.20. The molecule has 1 aliphatic carbocycles. The topological polar surface area (TPSA) is 60.2 Å². The van der Waals surface area contributed by atoms with Gasteiger partial charge < -0.3 is 9.47 Å². The van der Waals surface area contributed by atoms with Gasteiger partial charge in [0.2, 0.25) is 0 Å². The highest BCUT2D eigenvalue weighted by Gasteiger charge is 2.31. The van der Waals surface area contributed by atoms with Crippen molar-refractivity contribution in [2.24, 2.45) is 9.98 Å². The van der Waals surface area contributed by atoms with E-state index in [4.69, 9.17) is 21.1 Å². The Morgan fingerprint density at radius 3 is 2.81 bits per heavy atom. The minimum atomic E-state index is -0.481. The van der Waals surface area contributed by atoms with Crippen LogP contribution in [0.15, 0.2) is 33.2 Å². The van der Waals surface area contributed by atoms with Gasteiger partial charge in [0.1, 0.15) is 11.1 Å². The fourth-order valence-electron chi connectivity index (χ4n) is 2.93. The highest BCUT2D eigenvalue weighted by molar-refractivity contribution is 6.29. The zero-order valence-electron chi connectivity index (χ0n) is 11.8. The summed E-state index contributed by atoms with van der Waals surface area (Å²) in [4.78, 5) is 19.4. The maximum atomic E-state index is 11.5. The van der Waals surface area contributed by atoms with Gasteiger partial charge >= 0.3 is 6.03 Å². The lowest BCUT2D eigenvalue weighted by atomic mass is 9.84. The van der Waals surface area contributed by atoms with Crippen LogP contribution in [0, 0.1) is 0 Å². The number of nitrogens with zero attached hydrogens (tertiary/aromatic N) is 2. The number of ether oxygens (including phenoxy) is 2. The Kier molecular flexibility index (Phi) is 3.78. The van der Waals surface area contributed by atoms with E-state index in [1.807, 2.05) is 12.1 Å². The predicted molar refractivity (Wildman–Crippen MR) is 77.4 cm³/mol. The lowest BCUT2D eigenvalue weighted by Gasteiger charge is -2.30. The summed E-state index contributed by atoms with van der Waals surface area (Å²) in [5.74, 6) is 0.670. The van der Waals surface area contributed by atoms with Gasteiger partial charge in [-0.25, -0.2) is 4.79 Å². The quantitative estimate of drug-likeness (QED) is 0.859. The van der Waals surface area contributed by atoms with Gasteiger partial charge in [-0.2, -0.15) is 9.98 Å². The molecular formula is C15H15ClN2O3. The second-order valence-corrected chi connectivity index (χ2v) is 5.51. The van der Waals surface area contributed by atoms with E-state index in [1.165, 1.54) is 0 Å². The van der Waals surface area contributed by atoms with E-state index in [0.29, 0.717) is 22.9 Å². The van der Waals surface area contributed by atoms with Crippen molar-refractivity contribution in [2.75, 3.05) is 14.2 Å². The first-order valence-electron chi connectivity index (χ1n) is 6.69. The third-order valence-corrected chi connectivity index (χ3v) is 4.22. The van der Waals surface area contributed by atoms with Crippen LogP contribution in [-0.4, -0.2) is 26.4 Å². The smallest absolute Gasteiger partial charge is 0.368 e. The van der Waals surface area contributed by atoms with Crippen LogP contribution in [0.1, 0.15) is 24.3 Å². The van der Waals surface area contributed by atoms with Gasteiger partial charge in [0.15, 0.2) is 0 Å². The number of carbonyl (C=O) groups is 1. The fourth-order valence-corrected chi connectivity index (χ4v) is 3.18.